The summed E-state index contributed by atoms with van der Waals surface area (Å²) in [6.07, 6.45) is 1.52. The number of carbonyl (C=O) groups excluding carboxylic acids is 2. The van der Waals surface area contributed by atoms with Gasteiger partial charge in [-0.1, -0.05) is 30.0 Å². The molecule has 0 spiro atoms. The number of aromatic nitrogens is 3. The first-order chi connectivity index (χ1) is 17.0. The number of hydrogen-bond donors (Lipinski definition) is 1. The van der Waals surface area contributed by atoms with Crippen LogP contribution < -0.4 is 15.0 Å². The second kappa shape index (κ2) is 9.86. The Morgan fingerprint density at radius 1 is 1.19 bits per heavy atom. The molecule has 2 amide bonds. The van der Waals surface area contributed by atoms with E-state index in [-0.39, 0.29) is 23.8 Å². The van der Waals surface area contributed by atoms with Crippen molar-refractivity contribution in [3.63, 3.8) is 0 Å². The minimum atomic E-state index is -0.885. The number of likely N-dealkylation sites (N-methyl/N-ethyl adjacent to an activating group) is 1. The molecule has 2 heterocycles. The fourth-order valence-electron chi connectivity index (χ4n) is 3.90. The zero-order chi connectivity index (χ0) is 26.0. The van der Waals surface area contributed by atoms with Crippen molar-refractivity contribution in [2.24, 2.45) is 5.41 Å². The quantitative estimate of drug-likeness (QED) is 0.572. The van der Waals surface area contributed by atoms with Crippen LogP contribution in [-0.2, 0) is 11.3 Å². The highest BCUT2D eigenvalue weighted by atomic mass is 16.5. The topological polar surface area (TPSA) is 89.4 Å². The van der Waals surface area contributed by atoms with Crippen molar-refractivity contribution in [3.05, 3.63) is 70.8 Å². The molecule has 0 saturated heterocycles. The smallest absolute Gasteiger partial charge is 0.291 e. The molecule has 1 atom stereocenters. The summed E-state index contributed by atoms with van der Waals surface area (Å²) in [7, 11) is 1.66. The Morgan fingerprint density at radius 3 is 2.61 bits per heavy atom. The Bertz CT molecular complexity index is 1350. The average Bonchev–Trinajstić information content (AvgIpc) is 3.26. The zero-order valence-electron chi connectivity index (χ0n) is 21.5. The standard InChI is InChI=1S/C28H31N5O3/c1-18-8-7-9-19(2)21(18)15-33-17-29-25(31-33)26(34)30-22-16-36-24-11-10-20(12-13-28(3,4)5)14-23(24)32(6)27(22)35/h7-11,14,17,22H,15-16H2,1-6H3,(H,30,34)/t22-/m0/s1. The van der Waals surface area contributed by atoms with E-state index < -0.39 is 11.9 Å². The number of aryl methyl sites for hydroxylation is 2. The van der Waals surface area contributed by atoms with Gasteiger partial charge in [0.2, 0.25) is 5.82 Å². The van der Waals surface area contributed by atoms with Gasteiger partial charge in [-0.15, -0.1) is 5.10 Å². The largest absolute Gasteiger partial charge is 0.489 e. The van der Waals surface area contributed by atoms with Gasteiger partial charge in [-0.05, 0) is 69.5 Å². The predicted molar refractivity (Wildman–Crippen MR) is 138 cm³/mol. The van der Waals surface area contributed by atoms with Gasteiger partial charge in [-0.2, -0.15) is 0 Å². The third kappa shape index (κ3) is 5.57. The van der Waals surface area contributed by atoms with Gasteiger partial charge in [-0.3, -0.25) is 9.59 Å². The summed E-state index contributed by atoms with van der Waals surface area (Å²) < 4.78 is 7.50. The van der Waals surface area contributed by atoms with E-state index in [2.05, 4.69) is 27.2 Å². The number of nitrogens with one attached hydrogen (secondary N) is 1. The summed E-state index contributed by atoms with van der Waals surface area (Å²) in [5.41, 5.74) is 4.68. The molecule has 3 aromatic rings. The van der Waals surface area contributed by atoms with Crippen molar-refractivity contribution in [2.45, 2.75) is 47.2 Å². The summed E-state index contributed by atoms with van der Waals surface area (Å²) in [6, 6.07) is 10.7. The van der Waals surface area contributed by atoms with Crippen LogP contribution in [0.25, 0.3) is 0 Å². The molecule has 1 N–H and O–H groups in total. The maximum atomic E-state index is 13.2. The van der Waals surface area contributed by atoms with E-state index in [0.717, 1.165) is 22.3 Å². The third-order valence-corrected chi connectivity index (χ3v) is 5.95. The molecule has 2 aromatic carbocycles. The third-order valence-electron chi connectivity index (χ3n) is 5.95. The monoisotopic (exact) mass is 485 g/mol. The maximum Gasteiger partial charge on any atom is 0.291 e. The molecule has 0 fully saturated rings. The fraction of sp³-hybridized carbons (Fsp3) is 0.357. The predicted octanol–water partition coefficient (Wildman–Crippen LogP) is 3.49. The lowest BCUT2D eigenvalue weighted by Crippen LogP contribution is -2.49. The molecular weight excluding hydrogens is 454 g/mol. The van der Waals surface area contributed by atoms with E-state index in [9.17, 15) is 9.59 Å². The van der Waals surface area contributed by atoms with Crippen molar-refractivity contribution >= 4 is 17.5 Å². The summed E-state index contributed by atoms with van der Waals surface area (Å²) in [5.74, 6) is 6.07. The molecule has 0 radical (unpaired) electrons. The number of ether oxygens (including phenoxy) is 1. The molecule has 0 saturated carbocycles. The number of benzene rings is 2. The van der Waals surface area contributed by atoms with Gasteiger partial charge in [0, 0.05) is 18.0 Å². The summed E-state index contributed by atoms with van der Waals surface area (Å²) in [4.78, 5) is 31.7. The van der Waals surface area contributed by atoms with Crippen LogP contribution in [-0.4, -0.2) is 46.3 Å². The lowest BCUT2D eigenvalue weighted by atomic mass is 9.97. The average molecular weight is 486 g/mol. The lowest BCUT2D eigenvalue weighted by Gasteiger charge is -2.20. The molecule has 4 rings (SSSR count). The van der Waals surface area contributed by atoms with Crippen molar-refractivity contribution in [2.75, 3.05) is 18.6 Å². The molecule has 36 heavy (non-hydrogen) atoms. The van der Waals surface area contributed by atoms with Crippen LogP contribution in [0.5, 0.6) is 5.75 Å². The lowest BCUT2D eigenvalue weighted by molar-refractivity contribution is -0.120. The number of fused-ring (bicyclic) bond motifs is 1. The van der Waals surface area contributed by atoms with Crippen LogP contribution in [0.3, 0.4) is 0 Å². The van der Waals surface area contributed by atoms with Crippen LogP contribution in [0.4, 0.5) is 5.69 Å². The molecular formula is C28H31N5O3. The SMILES string of the molecule is Cc1cccc(C)c1Cn1cnc(C(=O)N[C@H]2COc3ccc(C#CC(C)(C)C)cc3N(C)C2=O)n1. The van der Waals surface area contributed by atoms with Gasteiger partial charge in [-0.25, -0.2) is 9.67 Å². The molecule has 1 aromatic heterocycles. The highest BCUT2D eigenvalue weighted by Gasteiger charge is 2.31. The van der Waals surface area contributed by atoms with Crippen molar-refractivity contribution in [1.29, 1.82) is 0 Å². The van der Waals surface area contributed by atoms with Crippen LogP contribution >= 0.6 is 0 Å². The second-order valence-electron chi connectivity index (χ2n) is 10.1. The zero-order valence-corrected chi connectivity index (χ0v) is 21.5. The van der Waals surface area contributed by atoms with Gasteiger partial charge in [0.15, 0.2) is 0 Å². The van der Waals surface area contributed by atoms with Gasteiger partial charge in [0.05, 0.1) is 12.2 Å². The Kier molecular flexibility index (Phi) is 6.84. The Balaban J connectivity index is 1.47. The number of nitrogens with zero attached hydrogens (tertiary/aromatic N) is 4. The molecule has 8 heteroatoms. The van der Waals surface area contributed by atoms with Crippen LogP contribution in [0.15, 0.2) is 42.7 Å². The number of hydrogen-bond acceptors (Lipinski definition) is 5. The molecule has 1 aliphatic heterocycles. The Hall–Kier alpha value is -4.12. The minimum Gasteiger partial charge on any atom is -0.489 e. The van der Waals surface area contributed by atoms with Gasteiger partial charge in [0.25, 0.3) is 11.8 Å². The second-order valence-corrected chi connectivity index (χ2v) is 10.1. The van der Waals surface area contributed by atoms with Crippen molar-refractivity contribution in [3.8, 4) is 17.6 Å². The van der Waals surface area contributed by atoms with E-state index >= 15 is 0 Å². The van der Waals surface area contributed by atoms with Gasteiger partial charge < -0.3 is 15.0 Å². The van der Waals surface area contributed by atoms with E-state index in [1.54, 1.807) is 17.8 Å². The summed E-state index contributed by atoms with van der Waals surface area (Å²) >= 11 is 0. The van der Waals surface area contributed by atoms with Crippen LogP contribution in [0.1, 0.15) is 53.6 Å². The van der Waals surface area contributed by atoms with E-state index in [1.165, 1.54) is 11.2 Å². The molecule has 8 nitrogen and oxygen atoms in total. The molecule has 0 unspecified atom stereocenters. The van der Waals surface area contributed by atoms with Crippen molar-refractivity contribution in [1.82, 2.24) is 20.1 Å². The van der Waals surface area contributed by atoms with Crippen LogP contribution in [0.2, 0.25) is 0 Å². The fourth-order valence-corrected chi connectivity index (χ4v) is 3.90. The molecule has 1 aliphatic rings. The number of carbonyl (C=O) groups is 2. The molecule has 0 bridgehead atoms. The first-order valence-electron chi connectivity index (χ1n) is 11.8. The maximum absolute atomic E-state index is 13.2. The molecule has 186 valence electrons. The minimum absolute atomic E-state index is 0.00167. The van der Waals surface area contributed by atoms with E-state index in [1.807, 2.05) is 65.0 Å². The van der Waals surface area contributed by atoms with E-state index in [4.69, 9.17) is 4.74 Å². The number of amides is 2. The first kappa shape index (κ1) is 25.0. The number of anilines is 1. The van der Waals surface area contributed by atoms with Gasteiger partial charge >= 0.3 is 0 Å². The van der Waals surface area contributed by atoms with Gasteiger partial charge in [0.1, 0.15) is 24.7 Å². The van der Waals surface area contributed by atoms with Crippen LogP contribution in [0, 0.1) is 31.1 Å². The highest BCUT2D eigenvalue weighted by Crippen LogP contribution is 2.31. The summed E-state index contributed by atoms with van der Waals surface area (Å²) in [6.45, 7) is 10.7. The highest BCUT2D eigenvalue weighted by molar-refractivity contribution is 6.02. The normalized spacial score (nSPS) is 15.3. The Morgan fingerprint density at radius 2 is 1.92 bits per heavy atom. The first-order valence-corrected chi connectivity index (χ1v) is 11.8. The van der Waals surface area contributed by atoms with E-state index in [0.29, 0.717) is 18.0 Å². The molecule has 0 aliphatic carbocycles. The van der Waals surface area contributed by atoms with Crippen molar-refractivity contribution < 1.29 is 14.3 Å². The number of rotatable bonds is 4. The Labute approximate surface area is 211 Å². The summed E-state index contributed by atoms with van der Waals surface area (Å²) in [5, 5.41) is 7.05.